The maximum absolute atomic E-state index is 12.5. The summed E-state index contributed by atoms with van der Waals surface area (Å²) in [5.74, 6) is -0.0598. The molecule has 1 aliphatic heterocycles. The van der Waals surface area contributed by atoms with Gasteiger partial charge in [-0.2, -0.15) is 0 Å². The van der Waals surface area contributed by atoms with Gasteiger partial charge in [-0.25, -0.2) is 0 Å². The molecule has 0 radical (unpaired) electrons. The molecule has 1 saturated heterocycles. The van der Waals surface area contributed by atoms with E-state index in [1.165, 1.54) is 9.80 Å². The van der Waals surface area contributed by atoms with Crippen LogP contribution in [0.25, 0.3) is 16.8 Å². The molecule has 0 spiro atoms. The van der Waals surface area contributed by atoms with Gasteiger partial charge in [-0.15, -0.1) is 0 Å². The van der Waals surface area contributed by atoms with Crippen LogP contribution in [0.2, 0.25) is 0 Å². The molecule has 0 bridgehead atoms. The lowest BCUT2D eigenvalue weighted by molar-refractivity contribution is -0.132. The SMILES string of the molecule is COc1ccc(C=C2C(=O)N(C)C(=S)N(C)C2=O)c2ccccc12. The molecule has 2 aromatic carbocycles. The van der Waals surface area contributed by atoms with Crippen LogP contribution in [0.3, 0.4) is 0 Å². The highest BCUT2D eigenvalue weighted by molar-refractivity contribution is 7.80. The van der Waals surface area contributed by atoms with Crippen molar-refractivity contribution in [1.82, 2.24) is 9.80 Å². The fourth-order valence-corrected chi connectivity index (χ4v) is 2.89. The van der Waals surface area contributed by atoms with Crippen molar-refractivity contribution in [2.75, 3.05) is 21.2 Å². The summed E-state index contributed by atoms with van der Waals surface area (Å²) in [5.41, 5.74) is 0.863. The van der Waals surface area contributed by atoms with E-state index in [2.05, 4.69) is 0 Å². The van der Waals surface area contributed by atoms with Gasteiger partial charge in [0, 0.05) is 19.5 Å². The van der Waals surface area contributed by atoms with Crippen LogP contribution in [0.4, 0.5) is 0 Å². The molecule has 0 aliphatic carbocycles. The van der Waals surface area contributed by atoms with E-state index >= 15 is 0 Å². The zero-order chi connectivity index (χ0) is 17.4. The summed E-state index contributed by atoms with van der Waals surface area (Å²) in [6.45, 7) is 0. The van der Waals surface area contributed by atoms with Gasteiger partial charge in [0.1, 0.15) is 11.3 Å². The van der Waals surface area contributed by atoms with Gasteiger partial charge in [0.05, 0.1) is 7.11 Å². The van der Waals surface area contributed by atoms with E-state index in [0.29, 0.717) is 0 Å². The minimum Gasteiger partial charge on any atom is -0.496 e. The van der Waals surface area contributed by atoms with Crippen LogP contribution in [-0.2, 0) is 9.59 Å². The normalized spacial score (nSPS) is 15.3. The molecule has 122 valence electrons. The van der Waals surface area contributed by atoms with Crippen LogP contribution >= 0.6 is 12.2 Å². The van der Waals surface area contributed by atoms with Crippen LogP contribution in [0.1, 0.15) is 5.56 Å². The second-order valence-corrected chi connectivity index (χ2v) is 5.84. The molecule has 0 unspecified atom stereocenters. The van der Waals surface area contributed by atoms with Gasteiger partial charge in [-0.1, -0.05) is 30.3 Å². The number of rotatable bonds is 2. The van der Waals surface area contributed by atoms with Gasteiger partial charge in [-0.3, -0.25) is 19.4 Å². The van der Waals surface area contributed by atoms with Gasteiger partial charge in [0.2, 0.25) is 0 Å². The number of ether oxygens (including phenoxy) is 1. The average Bonchev–Trinajstić information content (AvgIpc) is 2.62. The Labute approximate surface area is 145 Å². The first-order valence-corrected chi connectivity index (χ1v) is 7.74. The summed E-state index contributed by atoms with van der Waals surface area (Å²) in [7, 11) is 4.74. The first-order valence-electron chi connectivity index (χ1n) is 7.33. The number of carbonyl (C=O) groups is 2. The predicted octanol–water partition coefficient (Wildman–Crippen LogP) is 2.45. The third-order valence-electron chi connectivity index (χ3n) is 4.08. The second-order valence-electron chi connectivity index (χ2n) is 5.47. The number of fused-ring (bicyclic) bond motifs is 1. The molecular weight excluding hydrogens is 324 g/mol. The molecule has 5 nitrogen and oxygen atoms in total. The molecule has 1 aliphatic rings. The largest absolute Gasteiger partial charge is 0.496 e. The van der Waals surface area contributed by atoms with Crippen LogP contribution in [0.5, 0.6) is 5.75 Å². The van der Waals surface area contributed by atoms with Gasteiger partial charge in [-0.05, 0) is 35.3 Å². The summed E-state index contributed by atoms with van der Waals surface area (Å²) < 4.78 is 5.37. The summed E-state index contributed by atoms with van der Waals surface area (Å²) in [6.07, 6.45) is 1.61. The van der Waals surface area contributed by atoms with Crippen LogP contribution in [0, 0.1) is 0 Å². The number of hydrogen-bond donors (Lipinski definition) is 0. The molecular formula is C18H16N2O3S. The monoisotopic (exact) mass is 340 g/mol. The zero-order valence-corrected chi connectivity index (χ0v) is 14.4. The Morgan fingerprint density at radius 3 is 2.12 bits per heavy atom. The van der Waals surface area contributed by atoms with Crippen molar-refractivity contribution >= 4 is 46.0 Å². The van der Waals surface area contributed by atoms with Crippen molar-refractivity contribution in [3.05, 3.63) is 47.5 Å². The third-order valence-corrected chi connectivity index (χ3v) is 4.63. The van der Waals surface area contributed by atoms with E-state index in [1.807, 2.05) is 36.4 Å². The standard InChI is InChI=1S/C18H16N2O3S/c1-19-16(21)14(17(22)20(2)18(19)24)10-11-8-9-15(23-3)13-7-5-4-6-12(11)13/h4-10H,1-3H3. The van der Waals surface area contributed by atoms with Crippen LogP contribution < -0.4 is 4.74 Å². The Hall–Kier alpha value is -2.73. The summed E-state index contributed by atoms with van der Waals surface area (Å²) in [4.78, 5) is 27.5. The van der Waals surface area contributed by atoms with Crippen molar-refractivity contribution < 1.29 is 14.3 Å². The van der Waals surface area contributed by atoms with E-state index in [9.17, 15) is 9.59 Å². The summed E-state index contributed by atoms with van der Waals surface area (Å²) >= 11 is 5.10. The molecule has 1 fully saturated rings. The summed E-state index contributed by atoms with van der Waals surface area (Å²) in [6, 6.07) is 11.3. The molecule has 0 saturated carbocycles. The fourth-order valence-electron chi connectivity index (χ4n) is 2.73. The molecule has 2 amide bonds. The second kappa shape index (κ2) is 6.05. The highest BCUT2D eigenvalue weighted by Crippen LogP contribution is 2.30. The minimum atomic E-state index is -0.400. The lowest BCUT2D eigenvalue weighted by Gasteiger charge is -2.31. The Morgan fingerprint density at radius 1 is 0.958 bits per heavy atom. The van der Waals surface area contributed by atoms with E-state index in [1.54, 1.807) is 27.3 Å². The van der Waals surface area contributed by atoms with Crippen molar-refractivity contribution in [1.29, 1.82) is 0 Å². The van der Waals surface area contributed by atoms with Crippen LogP contribution in [-0.4, -0.2) is 47.9 Å². The highest BCUT2D eigenvalue weighted by Gasteiger charge is 2.35. The Bertz CT molecular complexity index is 878. The Balaban J connectivity index is 2.18. The topological polar surface area (TPSA) is 49.9 Å². The Kier molecular flexibility index (Phi) is 4.07. The molecule has 3 rings (SSSR count). The molecule has 6 heteroatoms. The quantitative estimate of drug-likeness (QED) is 0.479. The van der Waals surface area contributed by atoms with Crippen molar-refractivity contribution in [2.24, 2.45) is 0 Å². The van der Waals surface area contributed by atoms with Crippen molar-refractivity contribution in [2.45, 2.75) is 0 Å². The van der Waals surface area contributed by atoms with Crippen molar-refractivity contribution in [3.8, 4) is 5.75 Å². The van der Waals surface area contributed by atoms with E-state index in [-0.39, 0.29) is 10.7 Å². The maximum atomic E-state index is 12.5. The number of carbonyl (C=O) groups excluding carboxylic acids is 2. The minimum absolute atomic E-state index is 0.0870. The van der Waals surface area contributed by atoms with Gasteiger partial charge in [0.15, 0.2) is 5.11 Å². The molecule has 24 heavy (non-hydrogen) atoms. The summed E-state index contributed by atoms with van der Waals surface area (Å²) in [5, 5.41) is 2.02. The number of hydrogen-bond acceptors (Lipinski definition) is 4. The highest BCUT2D eigenvalue weighted by atomic mass is 32.1. The van der Waals surface area contributed by atoms with Crippen molar-refractivity contribution in [3.63, 3.8) is 0 Å². The van der Waals surface area contributed by atoms with E-state index in [0.717, 1.165) is 22.1 Å². The zero-order valence-electron chi connectivity index (χ0n) is 13.6. The maximum Gasteiger partial charge on any atom is 0.265 e. The fraction of sp³-hybridized carbons (Fsp3) is 0.167. The average molecular weight is 340 g/mol. The smallest absolute Gasteiger partial charge is 0.265 e. The Morgan fingerprint density at radius 2 is 1.54 bits per heavy atom. The first-order chi connectivity index (χ1) is 11.5. The molecule has 0 aromatic heterocycles. The molecule has 0 atom stereocenters. The molecule has 1 heterocycles. The number of methoxy groups -OCH3 is 1. The van der Waals surface area contributed by atoms with E-state index in [4.69, 9.17) is 17.0 Å². The number of thiocarbonyl (C=S) groups is 1. The van der Waals surface area contributed by atoms with Gasteiger partial charge in [0.25, 0.3) is 11.8 Å². The predicted molar refractivity (Wildman–Crippen MR) is 96.6 cm³/mol. The number of benzene rings is 2. The van der Waals surface area contributed by atoms with Crippen LogP contribution in [0.15, 0.2) is 42.0 Å². The number of nitrogens with zero attached hydrogens (tertiary/aromatic N) is 2. The first kappa shape index (κ1) is 16.1. The van der Waals surface area contributed by atoms with Gasteiger partial charge < -0.3 is 4.74 Å². The number of likely N-dealkylation sites (N-methyl/N-ethyl adjacent to an activating group) is 2. The van der Waals surface area contributed by atoms with Gasteiger partial charge >= 0.3 is 0 Å². The molecule has 2 aromatic rings. The van der Waals surface area contributed by atoms with E-state index < -0.39 is 11.8 Å². The molecule has 0 N–H and O–H groups in total. The lowest BCUT2D eigenvalue weighted by Crippen LogP contribution is -2.52. The lowest BCUT2D eigenvalue weighted by atomic mass is 10.00. The third kappa shape index (κ3) is 2.45. The number of amides is 2.